The van der Waals surface area contributed by atoms with Crippen molar-refractivity contribution >= 4 is 51.2 Å². The molecule has 0 bridgehead atoms. The fourth-order valence-corrected chi connectivity index (χ4v) is 15.7. The summed E-state index contributed by atoms with van der Waals surface area (Å²) >= 11 is 0. The molecule has 0 saturated carbocycles. The monoisotopic (exact) mass is 1390 g/mol. The van der Waals surface area contributed by atoms with Gasteiger partial charge in [-0.2, -0.15) is 0 Å². The van der Waals surface area contributed by atoms with Crippen LogP contribution in [0.2, 0.25) is 0 Å². The van der Waals surface area contributed by atoms with Crippen molar-refractivity contribution in [2.45, 2.75) is 59.3 Å². The Morgan fingerprint density at radius 2 is 0.333 bits per heavy atom. The maximum absolute atomic E-state index is 2.40. The van der Waals surface area contributed by atoms with E-state index in [9.17, 15) is 0 Å². The van der Waals surface area contributed by atoms with E-state index < -0.39 is 0 Å². The van der Waals surface area contributed by atoms with Gasteiger partial charge in [0, 0.05) is 62.0 Å². The van der Waals surface area contributed by atoms with Crippen LogP contribution in [0.15, 0.2) is 400 Å². The minimum absolute atomic E-state index is 0.0297. The van der Waals surface area contributed by atoms with Crippen molar-refractivity contribution in [2.75, 3.05) is 14.7 Å². The van der Waals surface area contributed by atoms with Crippen molar-refractivity contribution in [1.29, 1.82) is 0 Å². The second-order valence-corrected chi connectivity index (χ2v) is 29.5. The van der Waals surface area contributed by atoms with Gasteiger partial charge in [-0.15, -0.1) is 0 Å². The Kier molecular flexibility index (Phi) is 19.4. The van der Waals surface area contributed by atoms with Crippen LogP contribution in [0.1, 0.15) is 66.6 Å². The zero-order valence-corrected chi connectivity index (χ0v) is 62.4. The Morgan fingerprint density at radius 3 is 0.593 bits per heavy atom. The van der Waals surface area contributed by atoms with E-state index in [1.165, 1.54) is 128 Å². The summed E-state index contributed by atoms with van der Waals surface area (Å²) in [6.45, 7) is 15.8. The highest BCUT2D eigenvalue weighted by Crippen LogP contribution is 2.53. The molecule has 522 valence electrons. The quantitative estimate of drug-likeness (QED) is 0.107. The van der Waals surface area contributed by atoms with Crippen molar-refractivity contribution in [3.63, 3.8) is 0 Å². The fourth-order valence-electron chi connectivity index (χ4n) is 15.7. The smallest absolute Gasteiger partial charge is 0.0465 e. The first-order chi connectivity index (χ1) is 52.8. The average Bonchev–Trinajstić information content (AvgIpc) is 1.59. The van der Waals surface area contributed by atoms with Crippen LogP contribution in [0.4, 0.5) is 51.2 Å². The van der Waals surface area contributed by atoms with Crippen molar-refractivity contribution in [1.82, 2.24) is 0 Å². The molecule has 16 aromatic rings. The minimum atomic E-state index is -0.0555. The Labute approximate surface area is 638 Å². The summed E-state index contributed by atoms with van der Waals surface area (Å²) < 4.78 is 0. The van der Waals surface area contributed by atoms with Crippen LogP contribution >= 0.6 is 0 Å². The van der Waals surface area contributed by atoms with E-state index in [1.54, 1.807) is 0 Å². The Bertz CT molecular complexity index is 5650. The van der Waals surface area contributed by atoms with Gasteiger partial charge in [0.05, 0.1) is 0 Å². The van der Waals surface area contributed by atoms with Gasteiger partial charge in [-0.3, -0.25) is 0 Å². The summed E-state index contributed by atoms with van der Waals surface area (Å²) in [5.74, 6) is 0. The number of nitrogens with zero attached hydrogens (tertiary/aromatic N) is 3. The highest BCUT2D eigenvalue weighted by atomic mass is 15.2. The zero-order chi connectivity index (χ0) is 73.7. The Morgan fingerprint density at radius 1 is 0.157 bits per heavy atom. The molecule has 16 aromatic carbocycles. The lowest BCUT2D eigenvalue weighted by Crippen LogP contribution is -2.16. The highest BCUT2D eigenvalue weighted by molar-refractivity contribution is 5.89. The first kappa shape index (κ1) is 69.3. The van der Waals surface area contributed by atoms with Crippen molar-refractivity contribution < 1.29 is 0 Å². The third-order valence-corrected chi connectivity index (χ3v) is 21.7. The molecule has 0 heterocycles. The van der Waals surface area contributed by atoms with E-state index >= 15 is 0 Å². The maximum Gasteiger partial charge on any atom is 0.0465 e. The van der Waals surface area contributed by atoms with Crippen LogP contribution in [0.3, 0.4) is 0 Å². The van der Waals surface area contributed by atoms with E-state index in [-0.39, 0.29) is 10.8 Å². The first-order valence-corrected chi connectivity index (χ1v) is 37.6. The van der Waals surface area contributed by atoms with Gasteiger partial charge in [0.2, 0.25) is 0 Å². The molecule has 0 fully saturated rings. The molecule has 0 aliphatic heterocycles. The molecule has 18 rings (SSSR count). The second-order valence-electron chi connectivity index (χ2n) is 29.5. The van der Waals surface area contributed by atoms with Gasteiger partial charge in [0.25, 0.3) is 0 Å². The molecular formula is C105H87N3. The number of aryl methyl sites for hydroxylation is 3. The van der Waals surface area contributed by atoms with Gasteiger partial charge in [0.1, 0.15) is 0 Å². The van der Waals surface area contributed by atoms with Crippen molar-refractivity contribution in [3.05, 3.63) is 439 Å². The number of rotatable bonds is 14. The predicted molar refractivity (Wildman–Crippen MR) is 460 cm³/mol. The molecule has 3 nitrogen and oxygen atoms in total. The summed E-state index contributed by atoms with van der Waals surface area (Å²) in [7, 11) is 0. The van der Waals surface area contributed by atoms with E-state index in [4.69, 9.17) is 0 Å². The summed E-state index contributed by atoms with van der Waals surface area (Å²) in [6.07, 6.45) is 0. The second kappa shape index (κ2) is 30.2. The largest absolute Gasteiger partial charge is 0.311 e. The number of benzene rings is 16. The average molecular weight is 1390 g/mol. The third kappa shape index (κ3) is 14.2. The number of anilines is 9. The lowest BCUT2D eigenvalue weighted by Gasteiger charge is -2.28. The third-order valence-electron chi connectivity index (χ3n) is 21.7. The lowest BCUT2D eigenvalue weighted by atomic mass is 9.82. The molecule has 2 aliphatic rings. The molecule has 0 N–H and O–H groups in total. The van der Waals surface area contributed by atoms with Gasteiger partial charge >= 0.3 is 0 Å². The molecule has 0 amide bonds. The van der Waals surface area contributed by atoms with Crippen LogP contribution in [0, 0.1) is 20.8 Å². The lowest BCUT2D eigenvalue weighted by molar-refractivity contribution is 0.660. The maximum atomic E-state index is 2.40. The molecule has 0 aromatic heterocycles. The summed E-state index contributed by atoms with van der Waals surface area (Å²) in [4.78, 5) is 7.06. The van der Waals surface area contributed by atoms with Crippen LogP contribution in [-0.4, -0.2) is 0 Å². The van der Waals surface area contributed by atoms with Crippen LogP contribution in [0.5, 0.6) is 0 Å². The first-order valence-electron chi connectivity index (χ1n) is 37.6. The molecule has 108 heavy (non-hydrogen) atoms. The van der Waals surface area contributed by atoms with Crippen LogP contribution in [-0.2, 0) is 10.8 Å². The normalized spacial score (nSPS) is 12.4. The van der Waals surface area contributed by atoms with Gasteiger partial charge < -0.3 is 14.7 Å². The van der Waals surface area contributed by atoms with Gasteiger partial charge in [0.15, 0.2) is 0 Å². The molecule has 0 radical (unpaired) electrons. The van der Waals surface area contributed by atoms with Crippen LogP contribution < -0.4 is 14.7 Å². The summed E-state index contributed by atoms with van der Waals surface area (Å²) in [5, 5.41) is 0. The predicted octanol–water partition coefficient (Wildman–Crippen LogP) is 29.3. The Balaban J connectivity index is 0.000000125. The van der Waals surface area contributed by atoms with E-state index in [0.717, 1.165) is 39.8 Å². The number of hydrogen-bond acceptors (Lipinski definition) is 3. The Hall–Kier alpha value is -13.1. The summed E-state index contributed by atoms with van der Waals surface area (Å²) in [5.41, 5.74) is 37.3. The summed E-state index contributed by atoms with van der Waals surface area (Å²) in [6, 6.07) is 144. The molecule has 3 heteroatoms. The number of hydrogen-bond donors (Lipinski definition) is 0. The van der Waals surface area contributed by atoms with Crippen molar-refractivity contribution in [3.8, 4) is 77.9 Å². The van der Waals surface area contributed by atoms with E-state index in [1.807, 2.05) is 0 Å². The fraction of sp³-hybridized carbons (Fsp3) is 0.0857. The molecule has 2 aliphatic carbocycles. The highest BCUT2D eigenvalue weighted by Gasteiger charge is 2.37. The number of fused-ring (bicyclic) bond motifs is 6. The minimum Gasteiger partial charge on any atom is -0.311 e. The van der Waals surface area contributed by atoms with Gasteiger partial charge in [-0.25, -0.2) is 0 Å². The molecule has 0 saturated heterocycles. The molecule has 0 atom stereocenters. The van der Waals surface area contributed by atoms with Gasteiger partial charge in [-0.1, -0.05) is 336 Å². The van der Waals surface area contributed by atoms with Crippen LogP contribution in [0.25, 0.3) is 77.9 Å². The van der Waals surface area contributed by atoms with E-state index in [0.29, 0.717) is 0 Å². The van der Waals surface area contributed by atoms with Gasteiger partial charge in [-0.05, 0) is 230 Å². The zero-order valence-electron chi connectivity index (χ0n) is 62.4. The standard InChI is InChI=1S/C40H33N.C34H29N.C31H25N/c1-28-13-15-30(16-14-28)32-19-23-34(24-20-32)41(33-21-17-31(18-22-33)29-9-5-4-6-10-29)35-25-26-37-36-11-7-8-12-38(36)40(2,3)39(37)27-35;1-24-13-17-27(18-14-24)35(28-19-15-26(16-20-28)25-9-5-4-6-10-25)29-21-22-31-30-11-7-8-12-32(30)34(2,3)33(31)23-29;1-24-12-18-29(19-13-24)32(30-20-14-27(15-21-30)25-8-4-2-5-9-25)31-22-16-28(17-23-31)26-10-6-3-7-11-26/h4-27H,1-3H3;4-23H,1-3H3;2-23H,1H3. The molecule has 0 unspecified atom stereocenters. The SMILES string of the molecule is Cc1ccc(-c2ccc(N(c3ccc(-c4ccccc4)cc3)c3ccc4c(c3)C(C)(C)c3ccccc3-4)cc2)cc1.Cc1ccc(N(c2ccc(-c3ccccc3)cc2)c2ccc(-c3ccccc3)cc2)cc1.Cc1ccc(N(c2ccc(-c3ccccc3)cc2)c2ccc3c(c2)C(C)(C)c2ccccc2-3)cc1. The van der Waals surface area contributed by atoms with Crippen molar-refractivity contribution in [2.24, 2.45) is 0 Å². The molecular weight excluding hydrogens is 1300 g/mol. The topological polar surface area (TPSA) is 9.72 Å². The van der Waals surface area contributed by atoms with E-state index in [2.05, 4.69) is 464 Å². The molecule has 0 spiro atoms.